The van der Waals surface area contributed by atoms with Gasteiger partial charge in [-0.3, -0.25) is 0 Å². The molecule has 3 aliphatic rings. The first-order chi connectivity index (χ1) is 24.8. The van der Waals surface area contributed by atoms with Crippen LogP contribution in [0.4, 0.5) is 0 Å². The van der Waals surface area contributed by atoms with Crippen LogP contribution in [0.3, 0.4) is 0 Å². The fraction of sp³-hybridized carbons (Fsp3) is 0.0652. The molecule has 1 aliphatic heterocycles. The smallest absolute Gasteiger partial charge is 0.164 e. The van der Waals surface area contributed by atoms with Crippen LogP contribution in [0, 0.1) is 0 Å². The molecule has 0 saturated heterocycles. The van der Waals surface area contributed by atoms with E-state index in [1.165, 1.54) is 39.0 Å². The summed E-state index contributed by atoms with van der Waals surface area (Å²) in [6.07, 6.45) is 7.52. The number of hydrogen-bond donors (Lipinski definition) is 0. The monoisotopic (exact) mass is 641 g/mol. The highest BCUT2D eigenvalue weighted by Crippen LogP contribution is 2.63. The molecule has 0 amide bonds. The summed E-state index contributed by atoms with van der Waals surface area (Å²) in [5.74, 6) is 2.91. The van der Waals surface area contributed by atoms with Gasteiger partial charge in [0.05, 0.1) is 5.41 Å². The van der Waals surface area contributed by atoms with Crippen molar-refractivity contribution in [3.05, 3.63) is 192 Å². The summed E-state index contributed by atoms with van der Waals surface area (Å²) < 4.78 is 6.71. The number of nitrogens with zero attached hydrogens (tertiary/aromatic N) is 3. The van der Waals surface area contributed by atoms with Crippen LogP contribution in [-0.2, 0) is 5.41 Å². The van der Waals surface area contributed by atoms with Crippen LogP contribution >= 0.6 is 0 Å². The van der Waals surface area contributed by atoms with E-state index in [0.29, 0.717) is 17.5 Å². The maximum Gasteiger partial charge on any atom is 0.164 e. The van der Waals surface area contributed by atoms with Crippen LogP contribution in [0.2, 0.25) is 0 Å². The van der Waals surface area contributed by atoms with E-state index in [1.54, 1.807) is 0 Å². The van der Waals surface area contributed by atoms with Gasteiger partial charge in [-0.05, 0) is 45.0 Å². The third-order valence-corrected chi connectivity index (χ3v) is 10.3. The molecule has 0 radical (unpaired) electrons. The SMILES string of the molecule is C1=CC[C@H]2Oc3ccccc3C3(C2=C1)c1ccccc1-c1cccc(-c2ccc(-c4nc(-c5ccccc5)nc(-c5ccccc5)n4)cc2)c13. The summed E-state index contributed by atoms with van der Waals surface area (Å²) in [4.78, 5) is 14.8. The number of hydrogen-bond acceptors (Lipinski definition) is 4. The first kappa shape index (κ1) is 28.6. The second-order valence-electron chi connectivity index (χ2n) is 13.0. The minimum Gasteiger partial charge on any atom is -0.485 e. The van der Waals surface area contributed by atoms with Gasteiger partial charge in [-0.15, -0.1) is 0 Å². The molecule has 2 heterocycles. The fourth-order valence-corrected chi connectivity index (χ4v) is 8.19. The van der Waals surface area contributed by atoms with E-state index in [1.807, 2.05) is 60.7 Å². The number of ether oxygens (including phenoxy) is 1. The second-order valence-corrected chi connectivity index (χ2v) is 13.0. The second kappa shape index (κ2) is 11.4. The molecule has 236 valence electrons. The fourth-order valence-electron chi connectivity index (χ4n) is 8.19. The third kappa shape index (κ3) is 4.28. The van der Waals surface area contributed by atoms with Gasteiger partial charge in [0.1, 0.15) is 11.9 Å². The van der Waals surface area contributed by atoms with Gasteiger partial charge in [0.2, 0.25) is 0 Å². The molecule has 1 aromatic heterocycles. The van der Waals surface area contributed by atoms with Gasteiger partial charge in [0, 0.05) is 28.7 Å². The lowest BCUT2D eigenvalue weighted by Gasteiger charge is -2.45. The van der Waals surface area contributed by atoms with E-state index in [4.69, 9.17) is 19.7 Å². The molecule has 0 bridgehead atoms. The molecule has 1 unspecified atom stereocenters. The summed E-state index contributed by atoms with van der Waals surface area (Å²) in [5.41, 5.74) is 12.4. The van der Waals surface area contributed by atoms with Gasteiger partial charge in [-0.25, -0.2) is 15.0 Å². The van der Waals surface area contributed by atoms with Gasteiger partial charge in [-0.1, -0.05) is 164 Å². The average molecular weight is 642 g/mol. The maximum absolute atomic E-state index is 6.71. The molecule has 4 heteroatoms. The first-order valence-electron chi connectivity index (χ1n) is 17.1. The Morgan fingerprint density at radius 2 is 1.02 bits per heavy atom. The Morgan fingerprint density at radius 1 is 0.480 bits per heavy atom. The zero-order valence-electron chi connectivity index (χ0n) is 27.2. The van der Waals surface area contributed by atoms with Gasteiger partial charge >= 0.3 is 0 Å². The van der Waals surface area contributed by atoms with Crippen LogP contribution < -0.4 is 4.74 Å². The normalized spacial score (nSPS) is 18.0. The number of benzene rings is 6. The van der Waals surface area contributed by atoms with Gasteiger partial charge in [0.25, 0.3) is 0 Å². The Kier molecular flexibility index (Phi) is 6.50. The Balaban J connectivity index is 1.16. The molecule has 2 atom stereocenters. The molecule has 4 nitrogen and oxygen atoms in total. The Morgan fingerprint density at radius 3 is 1.72 bits per heavy atom. The average Bonchev–Trinajstić information content (AvgIpc) is 3.49. The molecule has 50 heavy (non-hydrogen) atoms. The highest BCUT2D eigenvalue weighted by atomic mass is 16.5. The van der Waals surface area contributed by atoms with Gasteiger partial charge in [-0.2, -0.15) is 0 Å². The van der Waals surface area contributed by atoms with Crippen LogP contribution in [0.15, 0.2) is 175 Å². The van der Waals surface area contributed by atoms with Crippen molar-refractivity contribution >= 4 is 0 Å². The van der Waals surface area contributed by atoms with Crippen molar-refractivity contribution < 1.29 is 4.74 Å². The molecule has 7 aromatic rings. The first-order valence-corrected chi connectivity index (χ1v) is 17.1. The summed E-state index contributed by atoms with van der Waals surface area (Å²) in [6, 6.07) is 53.2. The Hall–Kier alpha value is -6.39. The minimum absolute atomic E-state index is 0.0363. The highest BCUT2D eigenvalue weighted by Gasteiger charge is 2.54. The van der Waals surface area contributed by atoms with E-state index in [9.17, 15) is 0 Å². The van der Waals surface area contributed by atoms with Crippen LogP contribution in [0.5, 0.6) is 5.75 Å². The highest BCUT2D eigenvalue weighted by molar-refractivity contribution is 5.93. The lowest BCUT2D eigenvalue weighted by atomic mass is 9.62. The van der Waals surface area contributed by atoms with E-state index in [0.717, 1.165) is 34.4 Å². The van der Waals surface area contributed by atoms with Crippen LogP contribution in [0.1, 0.15) is 23.1 Å². The zero-order chi connectivity index (χ0) is 33.1. The minimum atomic E-state index is -0.477. The van der Waals surface area contributed by atoms with Crippen molar-refractivity contribution in [3.8, 4) is 62.2 Å². The lowest BCUT2D eigenvalue weighted by Crippen LogP contribution is -2.42. The standard InChI is InChI=1S/C46H31N3O/c1-3-14-31(15-4-1)43-47-44(32-16-5-2-6-17-32)49-45(48-43)33-28-26-30(27-29-33)34-19-13-20-36-35-18-7-8-21-37(35)46(42(34)36)38-22-9-11-24-40(38)50-41-25-12-10-23-39(41)46/h1-24,26-29,41H,25H2/t41-,46?/m1/s1. The van der Waals surface area contributed by atoms with Crippen LogP contribution in [-0.4, -0.2) is 21.1 Å². The van der Waals surface area contributed by atoms with Crippen molar-refractivity contribution in [1.29, 1.82) is 0 Å². The topological polar surface area (TPSA) is 47.9 Å². The zero-order valence-corrected chi connectivity index (χ0v) is 27.2. The van der Waals surface area contributed by atoms with Gasteiger partial charge in [0.15, 0.2) is 17.5 Å². The van der Waals surface area contributed by atoms with E-state index >= 15 is 0 Å². The third-order valence-electron chi connectivity index (χ3n) is 10.3. The van der Waals surface area contributed by atoms with Crippen molar-refractivity contribution in [2.24, 2.45) is 0 Å². The van der Waals surface area contributed by atoms with Crippen molar-refractivity contribution in [1.82, 2.24) is 15.0 Å². The number of fused-ring (bicyclic) bond motifs is 9. The number of para-hydroxylation sites is 1. The molecule has 2 aliphatic carbocycles. The molecule has 6 aromatic carbocycles. The molecular weight excluding hydrogens is 611 g/mol. The largest absolute Gasteiger partial charge is 0.485 e. The molecule has 0 N–H and O–H groups in total. The quantitative estimate of drug-likeness (QED) is 0.192. The van der Waals surface area contributed by atoms with E-state index < -0.39 is 5.41 Å². The predicted molar refractivity (Wildman–Crippen MR) is 200 cm³/mol. The molecule has 10 rings (SSSR count). The Labute approximate surface area is 291 Å². The Bertz CT molecular complexity index is 2430. The maximum atomic E-state index is 6.71. The van der Waals surface area contributed by atoms with E-state index in [2.05, 4.69) is 109 Å². The molecule has 0 fully saturated rings. The number of aromatic nitrogens is 3. The van der Waals surface area contributed by atoms with Crippen LogP contribution in [0.25, 0.3) is 56.4 Å². The summed E-state index contributed by atoms with van der Waals surface area (Å²) >= 11 is 0. The predicted octanol–water partition coefficient (Wildman–Crippen LogP) is 10.5. The van der Waals surface area contributed by atoms with Gasteiger partial charge < -0.3 is 4.74 Å². The van der Waals surface area contributed by atoms with Crippen molar-refractivity contribution in [2.75, 3.05) is 0 Å². The van der Waals surface area contributed by atoms with Crippen molar-refractivity contribution in [3.63, 3.8) is 0 Å². The summed E-state index contributed by atoms with van der Waals surface area (Å²) in [5, 5.41) is 0. The number of rotatable bonds is 4. The number of allylic oxidation sites excluding steroid dienone is 2. The summed E-state index contributed by atoms with van der Waals surface area (Å²) in [6.45, 7) is 0. The lowest BCUT2D eigenvalue weighted by molar-refractivity contribution is 0.205. The molecular formula is C46H31N3O. The summed E-state index contributed by atoms with van der Waals surface area (Å²) in [7, 11) is 0. The molecule has 0 saturated carbocycles. The molecule has 1 spiro atoms. The van der Waals surface area contributed by atoms with E-state index in [-0.39, 0.29) is 6.10 Å². The van der Waals surface area contributed by atoms with Crippen molar-refractivity contribution in [2.45, 2.75) is 17.9 Å².